The summed E-state index contributed by atoms with van der Waals surface area (Å²) in [6, 6.07) is 23.0. The second-order valence-electron chi connectivity index (χ2n) is 14.7. The molecule has 0 fully saturated rings. The maximum Gasteiger partial charge on any atom is 0.164 e. The SMILES string of the molecule is CCC(C)(CC)C(=O)/C=C(\O)C(C)(CC)CC.Cc1cc2ccc3sc4ccnc(-c5[c-]c6ccccc6c(C(C)(C)C)c5)c4c3c2o1.[Ir]. The number of pyridine rings is 1. The summed E-state index contributed by atoms with van der Waals surface area (Å²) >= 11 is 1.79. The van der Waals surface area contributed by atoms with Gasteiger partial charge in [0.15, 0.2) is 5.78 Å². The number of aliphatic hydroxyl groups excluding tert-OH is 1. The smallest absolute Gasteiger partial charge is 0.164 e. The summed E-state index contributed by atoms with van der Waals surface area (Å²) in [6.07, 6.45) is 6.67. The van der Waals surface area contributed by atoms with Gasteiger partial charge in [0.1, 0.15) is 17.1 Å². The van der Waals surface area contributed by atoms with Crippen molar-refractivity contribution >= 4 is 59.0 Å². The van der Waals surface area contributed by atoms with Crippen LogP contribution in [0, 0.1) is 23.8 Å². The second-order valence-corrected chi connectivity index (χ2v) is 15.8. The number of ketones is 1. The molecule has 0 spiro atoms. The Morgan fingerprint density at radius 1 is 0.878 bits per heavy atom. The van der Waals surface area contributed by atoms with Crippen molar-refractivity contribution in [2.75, 3.05) is 0 Å². The molecule has 49 heavy (non-hydrogen) atoms. The number of carbonyl (C=O) groups excluding carboxylic acids is 1. The number of fused-ring (bicyclic) bond motifs is 6. The zero-order chi connectivity index (χ0) is 35.0. The third kappa shape index (κ3) is 7.43. The average molecular weight is 853 g/mol. The van der Waals surface area contributed by atoms with Crippen LogP contribution in [-0.4, -0.2) is 15.9 Å². The van der Waals surface area contributed by atoms with E-state index in [0.717, 1.165) is 69.8 Å². The number of benzene rings is 3. The van der Waals surface area contributed by atoms with Crippen LogP contribution in [0.5, 0.6) is 0 Å². The van der Waals surface area contributed by atoms with Crippen LogP contribution in [0.25, 0.3) is 53.2 Å². The molecule has 1 radical (unpaired) electrons. The van der Waals surface area contributed by atoms with E-state index in [4.69, 9.17) is 9.40 Å². The number of hydrogen-bond acceptors (Lipinski definition) is 5. The minimum Gasteiger partial charge on any atom is -0.512 e. The van der Waals surface area contributed by atoms with Gasteiger partial charge in [-0.1, -0.05) is 91.5 Å². The second kappa shape index (κ2) is 14.9. The molecule has 3 heterocycles. The maximum atomic E-state index is 12.2. The number of rotatable bonds is 8. The largest absolute Gasteiger partial charge is 0.512 e. The summed E-state index contributed by atoms with van der Waals surface area (Å²) < 4.78 is 8.60. The Labute approximate surface area is 309 Å². The van der Waals surface area contributed by atoms with Gasteiger partial charge < -0.3 is 9.52 Å². The van der Waals surface area contributed by atoms with Gasteiger partial charge in [0.2, 0.25) is 0 Å². The van der Waals surface area contributed by atoms with Crippen LogP contribution in [0.1, 0.15) is 99.3 Å². The Bertz CT molecular complexity index is 2140. The number of aryl methyl sites for hydroxylation is 1. The van der Waals surface area contributed by atoms with Crippen molar-refractivity contribution in [3.63, 3.8) is 0 Å². The fourth-order valence-electron chi connectivity index (χ4n) is 6.29. The molecular formula is C43H50IrNO3S-. The van der Waals surface area contributed by atoms with Crippen LogP contribution < -0.4 is 0 Å². The number of furan rings is 1. The minimum absolute atomic E-state index is 0. The molecule has 1 N–H and O–H groups in total. The molecule has 6 heteroatoms. The van der Waals surface area contributed by atoms with E-state index < -0.39 is 0 Å². The molecule has 4 nitrogen and oxygen atoms in total. The molecule has 0 atom stereocenters. The van der Waals surface area contributed by atoms with Crippen molar-refractivity contribution in [3.8, 4) is 11.3 Å². The van der Waals surface area contributed by atoms with E-state index in [2.05, 4.69) is 81.4 Å². The molecule has 0 aliphatic carbocycles. The van der Waals surface area contributed by atoms with Crippen molar-refractivity contribution in [3.05, 3.63) is 90.0 Å². The van der Waals surface area contributed by atoms with E-state index >= 15 is 0 Å². The summed E-state index contributed by atoms with van der Waals surface area (Å²) in [6.45, 7) is 20.9. The molecule has 0 saturated heterocycles. The van der Waals surface area contributed by atoms with Gasteiger partial charge in [-0.2, -0.15) is 0 Å². The number of carbonyl (C=O) groups is 1. The number of aliphatic hydroxyl groups is 1. The van der Waals surface area contributed by atoms with Gasteiger partial charge in [0.05, 0.1) is 0 Å². The third-order valence-electron chi connectivity index (χ3n) is 10.6. The van der Waals surface area contributed by atoms with Gasteiger partial charge in [0.25, 0.3) is 0 Å². The summed E-state index contributed by atoms with van der Waals surface area (Å²) in [5.41, 5.74) is 3.69. The Morgan fingerprint density at radius 3 is 2.14 bits per heavy atom. The Morgan fingerprint density at radius 2 is 1.51 bits per heavy atom. The molecule has 0 bridgehead atoms. The number of thiophene rings is 1. The van der Waals surface area contributed by atoms with E-state index in [-0.39, 0.29) is 47.9 Å². The quantitative estimate of drug-likeness (QED) is 0.0941. The fourth-order valence-corrected chi connectivity index (χ4v) is 7.39. The van der Waals surface area contributed by atoms with Crippen LogP contribution in [0.15, 0.2) is 77.0 Å². The number of hydrogen-bond donors (Lipinski definition) is 1. The summed E-state index contributed by atoms with van der Waals surface area (Å²) in [5, 5.41) is 16.0. The first-order valence-corrected chi connectivity index (χ1v) is 18.1. The topological polar surface area (TPSA) is 63.3 Å². The van der Waals surface area contributed by atoms with Crippen molar-refractivity contribution in [1.29, 1.82) is 0 Å². The zero-order valence-electron chi connectivity index (χ0n) is 30.6. The van der Waals surface area contributed by atoms with E-state index in [1.165, 1.54) is 26.4 Å². The Hall–Kier alpha value is -3.31. The van der Waals surface area contributed by atoms with Crippen LogP contribution in [0.4, 0.5) is 0 Å². The first-order chi connectivity index (χ1) is 22.7. The summed E-state index contributed by atoms with van der Waals surface area (Å²) in [5.74, 6) is 1.22. The monoisotopic (exact) mass is 853 g/mol. The first kappa shape index (κ1) is 38.5. The normalized spacial score (nSPS) is 12.7. The third-order valence-corrected chi connectivity index (χ3v) is 11.7. The molecule has 261 valence electrons. The van der Waals surface area contributed by atoms with Gasteiger partial charge in [-0.25, -0.2) is 0 Å². The zero-order valence-corrected chi connectivity index (χ0v) is 33.8. The predicted molar refractivity (Wildman–Crippen MR) is 205 cm³/mol. The van der Waals surface area contributed by atoms with E-state index in [0.29, 0.717) is 0 Å². The summed E-state index contributed by atoms with van der Waals surface area (Å²) in [4.78, 5) is 17.1. The minimum atomic E-state index is -0.337. The van der Waals surface area contributed by atoms with Crippen molar-refractivity contribution in [2.45, 2.75) is 100 Å². The van der Waals surface area contributed by atoms with Gasteiger partial charge in [0, 0.05) is 69.1 Å². The Balaban J connectivity index is 0.000000260. The molecular weight excluding hydrogens is 803 g/mol. The summed E-state index contributed by atoms with van der Waals surface area (Å²) in [7, 11) is 0. The first-order valence-electron chi connectivity index (χ1n) is 17.3. The van der Waals surface area contributed by atoms with Crippen molar-refractivity contribution in [1.82, 2.24) is 4.98 Å². The van der Waals surface area contributed by atoms with Crippen molar-refractivity contribution in [2.24, 2.45) is 10.8 Å². The van der Waals surface area contributed by atoms with E-state index in [9.17, 15) is 9.90 Å². The molecule has 0 unspecified atom stereocenters. The van der Waals surface area contributed by atoms with Gasteiger partial charge in [-0.3, -0.25) is 9.78 Å². The molecule has 6 aromatic rings. The molecule has 0 aliphatic heterocycles. The standard InChI is InChI=1S/C28H22NOS.C15H28O2.Ir/c1-16-13-18-9-10-22-25(27(18)30-16)24-23(31-22)11-12-29-26(24)19-14-17-7-5-6-8-20(17)21(15-19)28(2,3)4;1-7-14(5,8-2)12(16)11-13(17)15(6,9-3)10-4;/h5-13,15H,1-4H3;11,16H,7-10H2,1-6H3;/q-1;;/b;12-11-;. The predicted octanol–water partition coefficient (Wildman–Crippen LogP) is 13.1. The van der Waals surface area contributed by atoms with Crippen molar-refractivity contribution < 1.29 is 34.4 Å². The molecule has 0 aliphatic rings. The van der Waals surface area contributed by atoms with Gasteiger partial charge in [-0.05, 0) is 67.7 Å². The van der Waals surface area contributed by atoms with E-state index in [1.54, 1.807) is 11.3 Å². The number of aromatic nitrogens is 1. The van der Waals surface area contributed by atoms with Gasteiger partial charge >= 0.3 is 0 Å². The average Bonchev–Trinajstić information content (AvgIpc) is 3.66. The molecule has 6 rings (SSSR count). The molecule has 0 saturated carbocycles. The number of allylic oxidation sites excluding steroid dienone is 2. The number of nitrogens with zero attached hydrogens (tertiary/aromatic N) is 1. The van der Waals surface area contributed by atoms with Crippen LogP contribution in [0.3, 0.4) is 0 Å². The molecule has 3 aromatic carbocycles. The van der Waals surface area contributed by atoms with Gasteiger partial charge in [-0.15, -0.1) is 40.5 Å². The van der Waals surface area contributed by atoms with E-state index in [1.807, 2.05) is 54.7 Å². The fraction of sp³-hybridized carbons (Fsp3) is 0.395. The van der Waals surface area contributed by atoms with Crippen LogP contribution in [-0.2, 0) is 30.3 Å². The Kier molecular flexibility index (Phi) is 11.7. The van der Waals surface area contributed by atoms with Crippen LogP contribution in [0.2, 0.25) is 0 Å². The maximum absolute atomic E-state index is 12.2. The van der Waals surface area contributed by atoms with Crippen LogP contribution >= 0.6 is 11.3 Å². The molecule has 0 amide bonds. The molecule has 3 aromatic heterocycles.